The lowest BCUT2D eigenvalue weighted by molar-refractivity contribution is -0.148. The van der Waals surface area contributed by atoms with E-state index in [0.29, 0.717) is 19.3 Å². The zero-order valence-electron chi connectivity index (χ0n) is 13.5. The first-order valence-corrected chi connectivity index (χ1v) is 7.99. The second kappa shape index (κ2) is 6.55. The van der Waals surface area contributed by atoms with Crippen molar-refractivity contribution in [2.75, 3.05) is 13.1 Å². The molecule has 23 heavy (non-hydrogen) atoms. The molecule has 1 aliphatic carbocycles. The highest BCUT2D eigenvalue weighted by molar-refractivity contribution is 6.10. The third-order valence-corrected chi connectivity index (χ3v) is 4.53. The summed E-state index contributed by atoms with van der Waals surface area (Å²) in [6.07, 6.45) is 3.49. The summed E-state index contributed by atoms with van der Waals surface area (Å²) in [5, 5.41) is 11.7. The summed E-state index contributed by atoms with van der Waals surface area (Å²) in [6, 6.07) is -1.57. The van der Waals surface area contributed by atoms with Crippen molar-refractivity contribution in [1.29, 1.82) is 0 Å². The standard InChI is InChI=1S/C15H23N3O5/c1-3-8-17(9-11(19)20)12(21)10(2)18-13(22)15(16-14(18)23)6-4-5-7-15/h10H,3-9H2,1-2H3,(H,16,23)(H,19,20). The molecule has 2 N–H and O–H groups in total. The Kier molecular flexibility index (Phi) is 4.91. The minimum atomic E-state index is -1.12. The van der Waals surface area contributed by atoms with Crippen LogP contribution in [0.3, 0.4) is 0 Å². The lowest BCUT2D eigenvalue weighted by atomic mass is 9.97. The first-order chi connectivity index (χ1) is 10.8. The van der Waals surface area contributed by atoms with Crippen molar-refractivity contribution >= 4 is 23.8 Å². The van der Waals surface area contributed by atoms with Crippen LogP contribution in [0.2, 0.25) is 0 Å². The highest BCUT2D eigenvalue weighted by atomic mass is 16.4. The molecule has 1 heterocycles. The van der Waals surface area contributed by atoms with Crippen molar-refractivity contribution < 1.29 is 24.3 Å². The van der Waals surface area contributed by atoms with Gasteiger partial charge in [-0.05, 0) is 26.2 Å². The molecule has 0 aromatic rings. The van der Waals surface area contributed by atoms with Gasteiger partial charge >= 0.3 is 12.0 Å². The summed E-state index contributed by atoms with van der Waals surface area (Å²) in [5.41, 5.74) is -0.867. The summed E-state index contributed by atoms with van der Waals surface area (Å²) in [4.78, 5) is 50.4. The van der Waals surface area contributed by atoms with Gasteiger partial charge < -0.3 is 15.3 Å². The first kappa shape index (κ1) is 17.2. The quantitative estimate of drug-likeness (QED) is 0.694. The molecule has 8 nitrogen and oxygen atoms in total. The van der Waals surface area contributed by atoms with Crippen LogP contribution >= 0.6 is 0 Å². The van der Waals surface area contributed by atoms with Gasteiger partial charge in [-0.2, -0.15) is 0 Å². The Morgan fingerprint density at radius 1 is 1.35 bits per heavy atom. The number of urea groups is 1. The van der Waals surface area contributed by atoms with Crippen LogP contribution in [-0.2, 0) is 14.4 Å². The Balaban J connectivity index is 2.16. The van der Waals surface area contributed by atoms with Crippen LogP contribution in [0.5, 0.6) is 0 Å². The van der Waals surface area contributed by atoms with E-state index in [9.17, 15) is 19.2 Å². The van der Waals surface area contributed by atoms with Crippen molar-refractivity contribution in [3.05, 3.63) is 0 Å². The van der Waals surface area contributed by atoms with Crippen LogP contribution in [0.4, 0.5) is 4.79 Å². The Morgan fingerprint density at radius 2 is 1.96 bits per heavy atom. The predicted molar refractivity (Wildman–Crippen MR) is 80.5 cm³/mol. The van der Waals surface area contributed by atoms with E-state index < -0.39 is 36.0 Å². The van der Waals surface area contributed by atoms with Gasteiger partial charge in [-0.3, -0.25) is 14.4 Å². The Hall–Kier alpha value is -2.12. The highest BCUT2D eigenvalue weighted by Crippen LogP contribution is 2.35. The maximum absolute atomic E-state index is 12.6. The highest BCUT2D eigenvalue weighted by Gasteiger charge is 2.54. The van der Waals surface area contributed by atoms with Crippen LogP contribution in [0.15, 0.2) is 0 Å². The number of aliphatic carboxylic acids is 1. The number of carboxylic acid groups (broad SMARTS) is 1. The largest absolute Gasteiger partial charge is 0.480 e. The lowest BCUT2D eigenvalue weighted by Gasteiger charge is -2.28. The Labute approximate surface area is 134 Å². The Morgan fingerprint density at radius 3 is 2.48 bits per heavy atom. The molecule has 1 saturated carbocycles. The van der Waals surface area contributed by atoms with Gasteiger partial charge in [0.15, 0.2) is 0 Å². The number of carbonyl (C=O) groups is 4. The molecule has 2 fully saturated rings. The minimum absolute atomic E-state index is 0.268. The van der Waals surface area contributed by atoms with Gasteiger partial charge in [-0.25, -0.2) is 9.69 Å². The summed E-state index contributed by atoms with van der Waals surface area (Å²) >= 11 is 0. The smallest absolute Gasteiger partial charge is 0.325 e. The first-order valence-electron chi connectivity index (χ1n) is 7.99. The number of hydrogen-bond donors (Lipinski definition) is 2. The number of carbonyl (C=O) groups excluding carboxylic acids is 3. The topological polar surface area (TPSA) is 107 Å². The average Bonchev–Trinajstić information content (AvgIpc) is 3.03. The number of carboxylic acids is 1. The molecule has 0 aromatic heterocycles. The Bertz CT molecular complexity index is 527. The molecule has 0 bridgehead atoms. The maximum Gasteiger partial charge on any atom is 0.325 e. The second-order valence-corrected chi connectivity index (χ2v) is 6.22. The number of nitrogens with zero attached hydrogens (tertiary/aromatic N) is 2. The van der Waals surface area contributed by atoms with Gasteiger partial charge in [0, 0.05) is 6.54 Å². The second-order valence-electron chi connectivity index (χ2n) is 6.22. The van der Waals surface area contributed by atoms with Gasteiger partial charge in [-0.1, -0.05) is 19.8 Å². The third-order valence-electron chi connectivity index (χ3n) is 4.53. The maximum atomic E-state index is 12.6. The summed E-state index contributed by atoms with van der Waals surface area (Å²) in [5.74, 6) is -2.01. The van der Waals surface area contributed by atoms with Gasteiger partial charge in [-0.15, -0.1) is 0 Å². The van der Waals surface area contributed by atoms with Crippen molar-refractivity contribution in [3.8, 4) is 0 Å². The fourth-order valence-corrected chi connectivity index (χ4v) is 3.39. The molecule has 0 radical (unpaired) electrons. The zero-order valence-corrected chi connectivity index (χ0v) is 13.5. The molecule has 8 heteroatoms. The van der Waals surface area contributed by atoms with Crippen molar-refractivity contribution in [3.63, 3.8) is 0 Å². The van der Waals surface area contributed by atoms with Crippen LogP contribution in [0.25, 0.3) is 0 Å². The number of nitrogens with one attached hydrogen (secondary N) is 1. The minimum Gasteiger partial charge on any atom is -0.480 e. The van der Waals surface area contributed by atoms with E-state index in [1.165, 1.54) is 11.8 Å². The van der Waals surface area contributed by atoms with Gasteiger partial charge in [0.1, 0.15) is 18.1 Å². The molecule has 1 saturated heterocycles. The van der Waals surface area contributed by atoms with Crippen molar-refractivity contribution in [2.24, 2.45) is 0 Å². The van der Waals surface area contributed by atoms with Crippen LogP contribution in [0.1, 0.15) is 46.0 Å². The van der Waals surface area contributed by atoms with E-state index in [-0.39, 0.29) is 12.5 Å². The summed E-state index contributed by atoms with van der Waals surface area (Å²) < 4.78 is 0. The molecule has 2 rings (SSSR count). The molecule has 1 aliphatic heterocycles. The van der Waals surface area contributed by atoms with E-state index in [1.54, 1.807) is 0 Å². The third kappa shape index (κ3) is 3.16. The van der Waals surface area contributed by atoms with E-state index in [2.05, 4.69) is 5.32 Å². The SMILES string of the molecule is CCCN(CC(=O)O)C(=O)C(C)N1C(=O)NC2(CCCC2)C1=O. The van der Waals surface area contributed by atoms with Crippen LogP contribution < -0.4 is 5.32 Å². The molecule has 4 amide bonds. The summed E-state index contributed by atoms with van der Waals surface area (Å²) in [6.45, 7) is 3.13. The monoisotopic (exact) mass is 325 g/mol. The number of amides is 4. The van der Waals surface area contributed by atoms with E-state index in [0.717, 1.165) is 17.7 Å². The van der Waals surface area contributed by atoms with Gasteiger partial charge in [0.25, 0.3) is 5.91 Å². The van der Waals surface area contributed by atoms with Gasteiger partial charge in [0.2, 0.25) is 5.91 Å². The van der Waals surface area contributed by atoms with E-state index >= 15 is 0 Å². The fraction of sp³-hybridized carbons (Fsp3) is 0.733. The van der Waals surface area contributed by atoms with Gasteiger partial charge in [0.05, 0.1) is 0 Å². The number of rotatable bonds is 6. The van der Waals surface area contributed by atoms with Crippen molar-refractivity contribution in [1.82, 2.24) is 15.1 Å². The number of imide groups is 1. The molecular weight excluding hydrogens is 302 g/mol. The molecule has 0 aromatic carbocycles. The molecular formula is C15H23N3O5. The van der Waals surface area contributed by atoms with Crippen LogP contribution in [-0.4, -0.2) is 63.4 Å². The summed E-state index contributed by atoms with van der Waals surface area (Å²) in [7, 11) is 0. The van der Waals surface area contributed by atoms with Crippen LogP contribution in [0, 0.1) is 0 Å². The van der Waals surface area contributed by atoms with Crippen molar-refractivity contribution in [2.45, 2.75) is 57.5 Å². The fourth-order valence-electron chi connectivity index (χ4n) is 3.39. The normalized spacial score (nSPS) is 20.7. The molecule has 1 atom stereocenters. The molecule has 1 spiro atoms. The average molecular weight is 325 g/mol. The lowest BCUT2D eigenvalue weighted by Crippen LogP contribution is -2.52. The number of hydrogen-bond acceptors (Lipinski definition) is 4. The zero-order chi connectivity index (χ0) is 17.2. The van der Waals surface area contributed by atoms with E-state index in [4.69, 9.17) is 5.11 Å². The molecule has 1 unspecified atom stereocenters. The van der Waals surface area contributed by atoms with E-state index in [1.807, 2.05) is 6.92 Å². The predicted octanol–water partition coefficient (Wildman–Crippen LogP) is 0.563. The molecule has 2 aliphatic rings. The molecule has 128 valence electrons.